The number of oxazole rings is 1. The minimum Gasteiger partial charge on any atom is -0.494 e. The monoisotopic (exact) mass is 451 g/mol. The van der Waals surface area contributed by atoms with E-state index < -0.39 is 0 Å². The second-order valence-corrected chi connectivity index (χ2v) is 7.42. The number of hydrogen-bond donors (Lipinski definition) is 2. The number of halogens is 1. The molecule has 6 nitrogen and oxygen atoms in total. The molecule has 4 aromatic rings. The SMILES string of the molecule is CCOc1ccc(C(=O)NC(=S)Nc2ccc(-c3nc4cc(Cl)ccc4o3)cc2)cc1. The summed E-state index contributed by atoms with van der Waals surface area (Å²) >= 11 is 11.3. The third-order valence-corrected chi connectivity index (χ3v) is 4.83. The molecule has 1 aromatic heterocycles. The first-order valence-corrected chi connectivity index (χ1v) is 10.3. The fourth-order valence-electron chi connectivity index (χ4n) is 2.93. The first-order valence-electron chi connectivity index (χ1n) is 9.53. The summed E-state index contributed by atoms with van der Waals surface area (Å²) in [5.74, 6) is 0.902. The van der Waals surface area contributed by atoms with Gasteiger partial charge in [-0.1, -0.05) is 11.6 Å². The molecule has 156 valence electrons. The number of amides is 1. The van der Waals surface area contributed by atoms with E-state index in [0.717, 1.165) is 11.3 Å². The van der Waals surface area contributed by atoms with Crippen LogP contribution in [-0.2, 0) is 0 Å². The maximum absolute atomic E-state index is 12.4. The van der Waals surface area contributed by atoms with Crippen LogP contribution < -0.4 is 15.4 Å². The number of nitrogens with one attached hydrogen (secondary N) is 2. The van der Waals surface area contributed by atoms with Crippen LogP contribution in [0.1, 0.15) is 17.3 Å². The molecule has 8 heteroatoms. The molecule has 0 aliphatic carbocycles. The maximum Gasteiger partial charge on any atom is 0.257 e. The topological polar surface area (TPSA) is 76.4 Å². The minimum absolute atomic E-state index is 0.197. The Morgan fingerprint density at radius 2 is 1.84 bits per heavy atom. The molecule has 3 aromatic carbocycles. The fourth-order valence-corrected chi connectivity index (χ4v) is 3.30. The summed E-state index contributed by atoms with van der Waals surface area (Å²) in [6.07, 6.45) is 0. The van der Waals surface area contributed by atoms with E-state index in [4.69, 9.17) is 33.0 Å². The van der Waals surface area contributed by atoms with Crippen molar-refractivity contribution in [2.75, 3.05) is 11.9 Å². The van der Waals surface area contributed by atoms with Crippen molar-refractivity contribution in [3.63, 3.8) is 0 Å². The Hall–Kier alpha value is -3.42. The summed E-state index contributed by atoms with van der Waals surface area (Å²) in [5.41, 5.74) is 3.38. The molecule has 0 saturated carbocycles. The number of ether oxygens (including phenoxy) is 1. The lowest BCUT2D eigenvalue weighted by atomic mass is 10.2. The lowest BCUT2D eigenvalue weighted by molar-refractivity contribution is 0.0977. The van der Waals surface area contributed by atoms with Crippen molar-refractivity contribution in [2.24, 2.45) is 0 Å². The van der Waals surface area contributed by atoms with E-state index in [1.165, 1.54) is 0 Å². The van der Waals surface area contributed by atoms with Gasteiger partial charge in [0.1, 0.15) is 11.3 Å². The van der Waals surface area contributed by atoms with E-state index in [1.807, 2.05) is 31.2 Å². The van der Waals surface area contributed by atoms with Crippen LogP contribution in [0.4, 0.5) is 5.69 Å². The van der Waals surface area contributed by atoms with Gasteiger partial charge in [-0.05, 0) is 85.9 Å². The highest BCUT2D eigenvalue weighted by molar-refractivity contribution is 7.80. The number of fused-ring (bicyclic) bond motifs is 1. The number of nitrogens with zero attached hydrogens (tertiary/aromatic N) is 1. The molecule has 4 rings (SSSR count). The molecule has 2 N–H and O–H groups in total. The number of rotatable bonds is 5. The van der Waals surface area contributed by atoms with E-state index in [-0.39, 0.29) is 11.0 Å². The van der Waals surface area contributed by atoms with Gasteiger partial charge in [-0.3, -0.25) is 10.1 Å². The summed E-state index contributed by atoms with van der Waals surface area (Å²) in [5, 5.41) is 6.46. The minimum atomic E-state index is -0.303. The molecule has 0 unspecified atom stereocenters. The van der Waals surface area contributed by atoms with E-state index in [9.17, 15) is 4.79 Å². The van der Waals surface area contributed by atoms with Crippen molar-refractivity contribution in [1.29, 1.82) is 0 Å². The third-order valence-electron chi connectivity index (χ3n) is 4.39. The maximum atomic E-state index is 12.4. The van der Waals surface area contributed by atoms with E-state index in [1.54, 1.807) is 42.5 Å². The molecule has 0 spiro atoms. The Balaban J connectivity index is 1.38. The highest BCUT2D eigenvalue weighted by Gasteiger charge is 2.10. The van der Waals surface area contributed by atoms with Gasteiger partial charge in [-0.25, -0.2) is 4.98 Å². The van der Waals surface area contributed by atoms with Gasteiger partial charge in [0.2, 0.25) is 5.89 Å². The molecule has 0 bridgehead atoms. The summed E-state index contributed by atoms with van der Waals surface area (Å²) < 4.78 is 11.2. The van der Waals surface area contributed by atoms with E-state index in [2.05, 4.69) is 15.6 Å². The molecule has 0 aliphatic heterocycles. The first-order chi connectivity index (χ1) is 15.0. The van der Waals surface area contributed by atoms with Crippen LogP contribution >= 0.6 is 23.8 Å². The van der Waals surface area contributed by atoms with Gasteiger partial charge in [0.05, 0.1) is 6.61 Å². The zero-order valence-electron chi connectivity index (χ0n) is 16.5. The number of benzene rings is 3. The molecule has 0 atom stereocenters. The molecule has 0 radical (unpaired) electrons. The molecule has 31 heavy (non-hydrogen) atoms. The van der Waals surface area contributed by atoms with Gasteiger partial charge in [0, 0.05) is 21.8 Å². The van der Waals surface area contributed by atoms with Gasteiger partial charge < -0.3 is 14.5 Å². The third kappa shape index (κ3) is 5.02. The summed E-state index contributed by atoms with van der Waals surface area (Å²) in [6, 6.07) is 19.5. The summed E-state index contributed by atoms with van der Waals surface area (Å²) in [7, 11) is 0. The van der Waals surface area contributed by atoms with Crippen LogP contribution in [0.15, 0.2) is 71.1 Å². The van der Waals surface area contributed by atoms with Gasteiger partial charge in [-0.2, -0.15) is 0 Å². The van der Waals surface area contributed by atoms with Crippen LogP contribution in [0.5, 0.6) is 5.75 Å². The number of hydrogen-bond acceptors (Lipinski definition) is 5. The molecule has 1 amide bonds. The van der Waals surface area contributed by atoms with Gasteiger partial charge in [-0.15, -0.1) is 0 Å². The first kappa shape index (κ1) is 20.8. The van der Waals surface area contributed by atoms with Crippen molar-refractivity contribution >= 4 is 51.6 Å². The highest BCUT2D eigenvalue weighted by Crippen LogP contribution is 2.27. The van der Waals surface area contributed by atoms with Crippen LogP contribution in [-0.4, -0.2) is 22.6 Å². The number of thiocarbonyl (C=S) groups is 1. The molecule has 0 saturated heterocycles. The number of carbonyl (C=O) groups excluding carboxylic acids is 1. The molecule has 0 fully saturated rings. The number of aromatic nitrogens is 1. The summed E-state index contributed by atoms with van der Waals surface area (Å²) in [4.78, 5) is 16.8. The lowest BCUT2D eigenvalue weighted by Gasteiger charge is -2.10. The Bertz CT molecular complexity index is 1240. The quantitative estimate of drug-likeness (QED) is 0.380. The average molecular weight is 452 g/mol. The largest absolute Gasteiger partial charge is 0.494 e. The second kappa shape index (κ2) is 9.16. The van der Waals surface area contributed by atoms with Crippen molar-refractivity contribution in [3.05, 3.63) is 77.3 Å². The van der Waals surface area contributed by atoms with Crippen molar-refractivity contribution in [2.45, 2.75) is 6.92 Å². The smallest absolute Gasteiger partial charge is 0.257 e. The second-order valence-electron chi connectivity index (χ2n) is 6.57. The van der Waals surface area contributed by atoms with Crippen molar-refractivity contribution in [1.82, 2.24) is 10.3 Å². The normalized spacial score (nSPS) is 10.6. The highest BCUT2D eigenvalue weighted by atomic mass is 35.5. The zero-order chi connectivity index (χ0) is 21.8. The standard InChI is InChI=1S/C23H18ClN3O3S/c1-2-29-18-10-5-14(6-11-18)21(28)27-23(31)25-17-8-3-15(4-9-17)22-26-19-13-16(24)7-12-20(19)30-22/h3-13H,2H2,1H3,(H2,25,27,28,31). The van der Waals surface area contributed by atoms with Gasteiger partial charge in [0.15, 0.2) is 10.7 Å². The Morgan fingerprint density at radius 1 is 1.10 bits per heavy atom. The zero-order valence-corrected chi connectivity index (χ0v) is 18.1. The van der Waals surface area contributed by atoms with Crippen molar-refractivity contribution < 1.29 is 13.9 Å². The molecular formula is C23H18ClN3O3S. The number of anilines is 1. The van der Waals surface area contributed by atoms with Crippen LogP contribution in [0.25, 0.3) is 22.6 Å². The van der Waals surface area contributed by atoms with E-state index in [0.29, 0.717) is 39.9 Å². The van der Waals surface area contributed by atoms with Gasteiger partial charge in [0.25, 0.3) is 5.91 Å². The van der Waals surface area contributed by atoms with E-state index >= 15 is 0 Å². The Labute approximate surface area is 189 Å². The molecular weight excluding hydrogens is 434 g/mol. The predicted molar refractivity (Wildman–Crippen MR) is 126 cm³/mol. The predicted octanol–water partition coefficient (Wildman–Crippen LogP) is 5.67. The number of carbonyl (C=O) groups is 1. The summed E-state index contributed by atoms with van der Waals surface area (Å²) in [6.45, 7) is 2.47. The average Bonchev–Trinajstić information content (AvgIpc) is 3.18. The van der Waals surface area contributed by atoms with Crippen LogP contribution in [0.3, 0.4) is 0 Å². The van der Waals surface area contributed by atoms with Crippen LogP contribution in [0.2, 0.25) is 5.02 Å². The fraction of sp³-hybridized carbons (Fsp3) is 0.0870. The van der Waals surface area contributed by atoms with Crippen LogP contribution in [0, 0.1) is 0 Å². The molecule has 1 heterocycles. The Kier molecular flexibility index (Phi) is 6.16. The molecule has 0 aliphatic rings. The lowest BCUT2D eigenvalue weighted by Crippen LogP contribution is -2.34. The van der Waals surface area contributed by atoms with Gasteiger partial charge >= 0.3 is 0 Å². The van der Waals surface area contributed by atoms with Crippen molar-refractivity contribution in [3.8, 4) is 17.2 Å². The Morgan fingerprint density at radius 3 is 2.55 bits per heavy atom.